The lowest BCUT2D eigenvalue weighted by molar-refractivity contribution is 0.100. The van der Waals surface area contributed by atoms with E-state index in [-0.39, 0.29) is 5.91 Å². The molecule has 1 amide bonds. The average Bonchev–Trinajstić information content (AvgIpc) is 2.97. The van der Waals surface area contributed by atoms with Crippen molar-refractivity contribution >= 4 is 28.6 Å². The summed E-state index contributed by atoms with van der Waals surface area (Å²) < 4.78 is 0. The number of rotatable bonds is 6. The molecule has 18 heavy (non-hydrogen) atoms. The van der Waals surface area contributed by atoms with E-state index in [9.17, 15) is 4.79 Å². The van der Waals surface area contributed by atoms with E-state index in [0.29, 0.717) is 5.56 Å². The highest BCUT2D eigenvalue weighted by atomic mass is 32.1. The molecule has 0 saturated heterocycles. The van der Waals surface area contributed by atoms with Gasteiger partial charge in [-0.1, -0.05) is 6.92 Å². The van der Waals surface area contributed by atoms with E-state index in [4.69, 9.17) is 5.73 Å². The first-order valence-corrected chi connectivity index (χ1v) is 7.54. The van der Waals surface area contributed by atoms with Crippen molar-refractivity contribution in [2.24, 2.45) is 5.73 Å². The van der Waals surface area contributed by atoms with E-state index in [1.165, 1.54) is 9.75 Å². The summed E-state index contributed by atoms with van der Waals surface area (Å²) in [5.74, 6) is -0.358. The van der Waals surface area contributed by atoms with E-state index < -0.39 is 0 Å². The predicted molar refractivity (Wildman–Crippen MR) is 77.1 cm³/mol. The summed E-state index contributed by atoms with van der Waals surface area (Å²) >= 11 is 3.41. The zero-order valence-corrected chi connectivity index (χ0v) is 11.9. The van der Waals surface area contributed by atoms with Gasteiger partial charge in [-0.15, -0.1) is 22.7 Å². The van der Waals surface area contributed by atoms with Gasteiger partial charge in [-0.2, -0.15) is 0 Å². The van der Waals surface area contributed by atoms with Crippen LogP contribution in [-0.2, 0) is 19.5 Å². The minimum Gasteiger partial charge on any atom is -0.366 e. The van der Waals surface area contributed by atoms with Gasteiger partial charge in [-0.25, -0.2) is 0 Å². The SMILES string of the molecule is CCc1ccc(CNCc2cc(C(N)=O)cs2)s1. The second kappa shape index (κ2) is 6.13. The fourth-order valence-corrected chi connectivity index (χ4v) is 3.39. The minimum atomic E-state index is -0.358. The maximum Gasteiger partial charge on any atom is 0.249 e. The van der Waals surface area contributed by atoms with Crippen LogP contribution in [0, 0.1) is 0 Å². The van der Waals surface area contributed by atoms with E-state index in [2.05, 4.69) is 24.4 Å². The monoisotopic (exact) mass is 280 g/mol. The third kappa shape index (κ3) is 3.41. The first kappa shape index (κ1) is 13.3. The maximum absolute atomic E-state index is 11.0. The molecule has 0 spiro atoms. The van der Waals surface area contributed by atoms with Crippen LogP contribution in [0.15, 0.2) is 23.6 Å². The van der Waals surface area contributed by atoms with E-state index in [0.717, 1.165) is 24.4 Å². The highest BCUT2D eigenvalue weighted by Gasteiger charge is 2.04. The van der Waals surface area contributed by atoms with Gasteiger partial charge in [0.05, 0.1) is 5.56 Å². The van der Waals surface area contributed by atoms with Crippen molar-refractivity contribution in [3.63, 3.8) is 0 Å². The number of primary amides is 1. The number of aryl methyl sites for hydroxylation is 1. The van der Waals surface area contributed by atoms with Crippen molar-refractivity contribution in [3.05, 3.63) is 43.8 Å². The zero-order chi connectivity index (χ0) is 13.0. The third-order valence-corrected chi connectivity index (χ3v) is 4.77. The molecule has 0 aliphatic carbocycles. The molecule has 0 radical (unpaired) electrons. The van der Waals surface area contributed by atoms with Gasteiger partial charge in [-0.3, -0.25) is 4.79 Å². The Labute approximate surface area is 115 Å². The first-order valence-electron chi connectivity index (χ1n) is 5.84. The fourth-order valence-electron chi connectivity index (χ4n) is 1.62. The van der Waals surface area contributed by atoms with Crippen LogP contribution in [0.3, 0.4) is 0 Å². The summed E-state index contributed by atoms with van der Waals surface area (Å²) in [5.41, 5.74) is 5.81. The largest absolute Gasteiger partial charge is 0.366 e. The molecular weight excluding hydrogens is 264 g/mol. The Morgan fingerprint density at radius 2 is 2.00 bits per heavy atom. The number of nitrogens with two attached hydrogens (primary N) is 1. The van der Waals surface area contributed by atoms with Crippen molar-refractivity contribution in [1.29, 1.82) is 0 Å². The molecule has 0 aliphatic heterocycles. The maximum atomic E-state index is 11.0. The Morgan fingerprint density at radius 3 is 2.61 bits per heavy atom. The molecule has 0 atom stereocenters. The zero-order valence-electron chi connectivity index (χ0n) is 10.2. The second-order valence-corrected chi connectivity index (χ2v) is 6.24. The number of carbonyl (C=O) groups excluding carboxylic acids is 1. The summed E-state index contributed by atoms with van der Waals surface area (Å²) in [6.45, 7) is 3.81. The van der Waals surface area contributed by atoms with Crippen LogP contribution in [0.2, 0.25) is 0 Å². The molecular formula is C13H16N2OS2. The van der Waals surface area contributed by atoms with Crippen LogP contribution in [0.25, 0.3) is 0 Å². The van der Waals surface area contributed by atoms with Gasteiger partial charge < -0.3 is 11.1 Å². The summed E-state index contributed by atoms with van der Waals surface area (Å²) in [4.78, 5) is 14.9. The Balaban J connectivity index is 1.82. The quantitative estimate of drug-likeness (QED) is 0.855. The van der Waals surface area contributed by atoms with Crippen LogP contribution < -0.4 is 11.1 Å². The number of carbonyl (C=O) groups is 1. The van der Waals surface area contributed by atoms with Crippen molar-refractivity contribution in [3.8, 4) is 0 Å². The minimum absolute atomic E-state index is 0.358. The molecule has 0 aromatic carbocycles. The molecule has 5 heteroatoms. The fraction of sp³-hybridized carbons (Fsp3) is 0.308. The molecule has 2 heterocycles. The van der Waals surface area contributed by atoms with Gasteiger partial charge >= 0.3 is 0 Å². The molecule has 0 bridgehead atoms. The topological polar surface area (TPSA) is 55.1 Å². The number of amides is 1. The number of thiophene rings is 2. The molecule has 2 aromatic rings. The molecule has 3 N–H and O–H groups in total. The highest BCUT2D eigenvalue weighted by molar-refractivity contribution is 7.12. The Bertz CT molecular complexity index is 531. The van der Waals surface area contributed by atoms with Crippen LogP contribution in [0.1, 0.15) is 31.9 Å². The van der Waals surface area contributed by atoms with Crippen LogP contribution >= 0.6 is 22.7 Å². The van der Waals surface area contributed by atoms with Crippen molar-refractivity contribution in [1.82, 2.24) is 5.32 Å². The smallest absolute Gasteiger partial charge is 0.249 e. The summed E-state index contributed by atoms with van der Waals surface area (Å²) in [6, 6.07) is 6.20. The Hall–Kier alpha value is -1.17. The lowest BCUT2D eigenvalue weighted by atomic mass is 10.3. The number of hydrogen-bond donors (Lipinski definition) is 2. The number of hydrogen-bond acceptors (Lipinski definition) is 4. The van der Waals surface area contributed by atoms with Gasteiger partial charge in [-0.05, 0) is 24.6 Å². The van der Waals surface area contributed by atoms with E-state index in [1.54, 1.807) is 16.7 Å². The lowest BCUT2D eigenvalue weighted by Crippen LogP contribution is -2.11. The van der Waals surface area contributed by atoms with Crippen LogP contribution in [0.5, 0.6) is 0 Å². The van der Waals surface area contributed by atoms with Gasteiger partial charge in [0.1, 0.15) is 0 Å². The lowest BCUT2D eigenvalue weighted by Gasteiger charge is -2.00. The normalized spacial score (nSPS) is 10.7. The van der Waals surface area contributed by atoms with Crippen molar-refractivity contribution < 1.29 is 4.79 Å². The molecule has 0 aliphatic rings. The van der Waals surface area contributed by atoms with Gasteiger partial charge in [0, 0.05) is 33.1 Å². The Kier molecular flexibility index (Phi) is 4.52. The number of nitrogens with one attached hydrogen (secondary N) is 1. The average molecular weight is 280 g/mol. The van der Waals surface area contributed by atoms with Crippen LogP contribution in [0.4, 0.5) is 0 Å². The molecule has 2 aromatic heterocycles. The highest BCUT2D eigenvalue weighted by Crippen LogP contribution is 2.17. The molecule has 96 valence electrons. The summed E-state index contributed by atoms with van der Waals surface area (Å²) in [7, 11) is 0. The van der Waals surface area contributed by atoms with Crippen LogP contribution in [-0.4, -0.2) is 5.91 Å². The predicted octanol–water partition coefficient (Wildman–Crippen LogP) is 2.76. The van der Waals surface area contributed by atoms with Gasteiger partial charge in [0.2, 0.25) is 5.91 Å². The molecule has 0 unspecified atom stereocenters. The van der Waals surface area contributed by atoms with E-state index >= 15 is 0 Å². The second-order valence-electron chi connectivity index (χ2n) is 3.99. The third-order valence-electron chi connectivity index (χ3n) is 2.60. The first-order chi connectivity index (χ1) is 8.69. The molecule has 0 saturated carbocycles. The van der Waals surface area contributed by atoms with Crippen molar-refractivity contribution in [2.45, 2.75) is 26.4 Å². The van der Waals surface area contributed by atoms with Gasteiger partial charge in [0.25, 0.3) is 0 Å². The van der Waals surface area contributed by atoms with Crippen molar-refractivity contribution in [2.75, 3.05) is 0 Å². The molecule has 0 fully saturated rings. The molecule has 3 nitrogen and oxygen atoms in total. The summed E-state index contributed by atoms with van der Waals surface area (Å²) in [5, 5.41) is 5.18. The van der Waals surface area contributed by atoms with E-state index in [1.807, 2.05) is 17.4 Å². The Morgan fingerprint density at radius 1 is 1.28 bits per heavy atom. The standard InChI is InChI=1S/C13H16N2OS2/c1-2-10-3-4-11(18-10)6-15-7-12-5-9(8-17-12)13(14)16/h3-5,8,15H,2,6-7H2,1H3,(H2,14,16). The molecule has 2 rings (SSSR count). The summed E-state index contributed by atoms with van der Waals surface area (Å²) in [6.07, 6.45) is 1.09. The van der Waals surface area contributed by atoms with Gasteiger partial charge in [0.15, 0.2) is 0 Å².